The highest BCUT2D eigenvalue weighted by Gasteiger charge is 2.32. The van der Waals surface area contributed by atoms with Crippen LogP contribution in [0.3, 0.4) is 0 Å². The fourth-order valence-corrected chi connectivity index (χ4v) is 5.51. The summed E-state index contributed by atoms with van der Waals surface area (Å²) in [7, 11) is 0. The van der Waals surface area contributed by atoms with Gasteiger partial charge in [-0.1, -0.05) is 24.3 Å². The van der Waals surface area contributed by atoms with Gasteiger partial charge in [-0.25, -0.2) is 4.68 Å². The van der Waals surface area contributed by atoms with Crippen LogP contribution in [0.2, 0.25) is 0 Å². The Morgan fingerprint density at radius 3 is 2.83 bits per heavy atom. The molecule has 30 heavy (non-hydrogen) atoms. The van der Waals surface area contributed by atoms with Crippen LogP contribution < -0.4 is 5.32 Å². The molecule has 0 bridgehead atoms. The summed E-state index contributed by atoms with van der Waals surface area (Å²) in [5, 5.41) is 18.0. The van der Waals surface area contributed by atoms with Crippen molar-refractivity contribution in [1.29, 1.82) is 0 Å². The number of thioether (sulfide) groups is 1. The standard InChI is InChI=1S/C24H30N4OS/c1-4-28-24-21(22(27-28)20-9-5-6-12-25-20)23(30-15-17(3)26-24)19-11-10-18(8-7-13-29)14-16(19)2/h5-6,9-12,14,17,23,26,29H,4,7-8,13,15H2,1-3H3/t17-,23-/m1/s1. The molecule has 6 heteroatoms. The number of anilines is 1. The molecule has 0 fully saturated rings. The number of nitrogens with zero attached hydrogens (tertiary/aromatic N) is 3. The van der Waals surface area contributed by atoms with Gasteiger partial charge in [-0.15, -0.1) is 11.8 Å². The molecule has 3 aromatic rings. The third-order valence-corrected chi connectivity index (χ3v) is 7.11. The van der Waals surface area contributed by atoms with Crippen LogP contribution in [-0.2, 0) is 13.0 Å². The Morgan fingerprint density at radius 2 is 2.13 bits per heavy atom. The van der Waals surface area contributed by atoms with Crippen molar-refractivity contribution in [1.82, 2.24) is 14.8 Å². The van der Waals surface area contributed by atoms with Gasteiger partial charge in [-0.05, 0) is 62.4 Å². The average molecular weight is 423 g/mol. The highest BCUT2D eigenvalue weighted by atomic mass is 32.2. The van der Waals surface area contributed by atoms with E-state index in [4.69, 9.17) is 10.2 Å². The molecule has 0 amide bonds. The van der Waals surface area contributed by atoms with E-state index in [2.05, 4.69) is 54.0 Å². The van der Waals surface area contributed by atoms with Crippen LogP contribution in [0.25, 0.3) is 11.4 Å². The number of aryl methyl sites for hydroxylation is 3. The van der Waals surface area contributed by atoms with Crippen LogP contribution >= 0.6 is 11.8 Å². The van der Waals surface area contributed by atoms with Crippen molar-refractivity contribution >= 4 is 17.6 Å². The Balaban J connectivity index is 1.85. The van der Waals surface area contributed by atoms with Gasteiger partial charge in [0, 0.05) is 36.7 Å². The van der Waals surface area contributed by atoms with E-state index >= 15 is 0 Å². The zero-order chi connectivity index (χ0) is 21.1. The number of benzene rings is 1. The average Bonchev–Trinajstić information content (AvgIpc) is 3.03. The van der Waals surface area contributed by atoms with Crippen LogP contribution in [0.15, 0.2) is 42.6 Å². The van der Waals surface area contributed by atoms with Crippen LogP contribution in [0, 0.1) is 6.92 Å². The van der Waals surface area contributed by atoms with Gasteiger partial charge in [0.15, 0.2) is 0 Å². The largest absolute Gasteiger partial charge is 0.396 e. The summed E-state index contributed by atoms with van der Waals surface area (Å²) in [4.78, 5) is 4.62. The molecular formula is C24H30N4OS. The highest BCUT2D eigenvalue weighted by Crippen LogP contribution is 2.47. The maximum atomic E-state index is 9.16. The minimum Gasteiger partial charge on any atom is -0.396 e. The molecule has 1 aromatic carbocycles. The van der Waals surface area contributed by atoms with Crippen molar-refractivity contribution in [3.63, 3.8) is 0 Å². The summed E-state index contributed by atoms with van der Waals surface area (Å²) in [6, 6.07) is 13.1. The molecule has 0 unspecified atom stereocenters. The second kappa shape index (κ2) is 9.23. The quantitative estimate of drug-likeness (QED) is 0.595. The van der Waals surface area contributed by atoms with E-state index < -0.39 is 0 Å². The lowest BCUT2D eigenvalue weighted by Gasteiger charge is -2.19. The molecule has 3 heterocycles. The fraction of sp³-hybridized carbons (Fsp3) is 0.417. The Bertz CT molecular complexity index is 1000. The van der Waals surface area contributed by atoms with Gasteiger partial charge in [0.25, 0.3) is 0 Å². The molecule has 2 N–H and O–H groups in total. The van der Waals surface area contributed by atoms with E-state index in [1.54, 1.807) is 0 Å². The number of fused-ring (bicyclic) bond motifs is 1. The summed E-state index contributed by atoms with van der Waals surface area (Å²) < 4.78 is 2.08. The summed E-state index contributed by atoms with van der Waals surface area (Å²) in [6.45, 7) is 7.61. The third-order valence-electron chi connectivity index (χ3n) is 5.59. The van der Waals surface area contributed by atoms with Crippen LogP contribution in [0.5, 0.6) is 0 Å². The van der Waals surface area contributed by atoms with Crippen molar-refractivity contribution in [2.45, 2.75) is 51.4 Å². The topological polar surface area (TPSA) is 63.0 Å². The number of nitrogens with one attached hydrogen (secondary N) is 1. The molecule has 1 aliphatic rings. The molecule has 158 valence electrons. The number of aliphatic hydroxyl groups excluding tert-OH is 1. The second-order valence-electron chi connectivity index (χ2n) is 7.92. The Morgan fingerprint density at radius 1 is 1.27 bits per heavy atom. The highest BCUT2D eigenvalue weighted by molar-refractivity contribution is 7.99. The minimum atomic E-state index is 0.196. The lowest BCUT2D eigenvalue weighted by molar-refractivity contribution is 0.288. The maximum Gasteiger partial charge on any atom is 0.129 e. The third kappa shape index (κ3) is 4.12. The van der Waals surface area contributed by atoms with Crippen molar-refractivity contribution in [3.8, 4) is 11.4 Å². The fourth-order valence-electron chi connectivity index (χ4n) is 4.11. The van der Waals surface area contributed by atoms with Crippen LogP contribution in [0.1, 0.15) is 47.8 Å². The molecule has 0 spiro atoms. The Labute approximate surface area is 182 Å². The number of rotatable bonds is 6. The first-order valence-electron chi connectivity index (χ1n) is 10.7. The molecule has 0 saturated heterocycles. The molecule has 5 nitrogen and oxygen atoms in total. The van der Waals surface area contributed by atoms with Crippen molar-refractivity contribution in [2.75, 3.05) is 17.7 Å². The smallest absolute Gasteiger partial charge is 0.129 e. The molecule has 0 saturated carbocycles. The van der Waals surface area contributed by atoms with E-state index in [1.807, 2.05) is 36.2 Å². The zero-order valence-electron chi connectivity index (χ0n) is 17.9. The zero-order valence-corrected chi connectivity index (χ0v) is 18.7. The molecule has 1 aliphatic heterocycles. The van der Waals surface area contributed by atoms with Crippen molar-refractivity contribution in [3.05, 3.63) is 64.8 Å². The normalized spacial score (nSPS) is 18.5. The van der Waals surface area contributed by atoms with E-state index in [-0.39, 0.29) is 11.9 Å². The second-order valence-corrected chi connectivity index (χ2v) is 9.06. The van der Waals surface area contributed by atoms with Gasteiger partial charge >= 0.3 is 0 Å². The van der Waals surface area contributed by atoms with Crippen LogP contribution in [0.4, 0.5) is 5.82 Å². The molecule has 0 aliphatic carbocycles. The Hall–Kier alpha value is -2.31. The number of pyridine rings is 1. The van der Waals surface area contributed by atoms with E-state index in [1.165, 1.54) is 22.3 Å². The van der Waals surface area contributed by atoms with Gasteiger partial charge in [-0.3, -0.25) is 4.98 Å². The van der Waals surface area contributed by atoms with Gasteiger partial charge in [-0.2, -0.15) is 5.10 Å². The molecule has 0 radical (unpaired) electrons. The molecular weight excluding hydrogens is 392 g/mol. The van der Waals surface area contributed by atoms with Gasteiger partial charge in [0.2, 0.25) is 0 Å². The van der Waals surface area contributed by atoms with Gasteiger partial charge in [0.05, 0.1) is 10.9 Å². The first kappa shape index (κ1) is 20.9. The van der Waals surface area contributed by atoms with Gasteiger partial charge in [0.1, 0.15) is 11.5 Å². The number of hydrogen-bond donors (Lipinski definition) is 2. The SMILES string of the molecule is CCn1nc(-c2ccccn2)c2c1N[C@H](C)CS[C@@H]2c1ccc(CCCO)cc1C. The minimum absolute atomic E-state index is 0.196. The predicted octanol–water partition coefficient (Wildman–Crippen LogP) is 4.83. The summed E-state index contributed by atoms with van der Waals surface area (Å²) in [6.07, 6.45) is 3.55. The first-order chi connectivity index (χ1) is 14.6. The summed E-state index contributed by atoms with van der Waals surface area (Å²) >= 11 is 1.97. The van der Waals surface area contributed by atoms with Crippen LogP contribution in [-0.4, -0.2) is 38.3 Å². The number of aromatic nitrogens is 3. The maximum absolute atomic E-state index is 9.16. The predicted molar refractivity (Wildman–Crippen MR) is 125 cm³/mol. The van der Waals surface area contributed by atoms with Gasteiger partial charge < -0.3 is 10.4 Å². The summed E-state index contributed by atoms with van der Waals surface area (Å²) in [5.74, 6) is 2.14. The molecule has 2 atom stereocenters. The van der Waals surface area contributed by atoms with E-state index in [0.29, 0.717) is 6.04 Å². The van der Waals surface area contributed by atoms with Crippen molar-refractivity contribution < 1.29 is 5.11 Å². The van der Waals surface area contributed by atoms with E-state index in [9.17, 15) is 0 Å². The first-order valence-corrected chi connectivity index (χ1v) is 11.8. The number of aliphatic hydroxyl groups is 1. The van der Waals surface area contributed by atoms with Crippen molar-refractivity contribution in [2.24, 2.45) is 0 Å². The monoisotopic (exact) mass is 422 g/mol. The Kier molecular flexibility index (Phi) is 6.44. The summed E-state index contributed by atoms with van der Waals surface area (Å²) in [5.41, 5.74) is 7.02. The lowest BCUT2D eigenvalue weighted by atomic mass is 9.95. The van der Waals surface area contributed by atoms with E-state index in [0.717, 1.165) is 42.3 Å². The lowest BCUT2D eigenvalue weighted by Crippen LogP contribution is -2.19. The molecule has 2 aromatic heterocycles. The molecule has 4 rings (SSSR count). The number of hydrogen-bond acceptors (Lipinski definition) is 5.